The summed E-state index contributed by atoms with van der Waals surface area (Å²) in [6.45, 7) is 10.2. The summed E-state index contributed by atoms with van der Waals surface area (Å²) in [5.41, 5.74) is 1.31. The van der Waals surface area contributed by atoms with Gasteiger partial charge in [0.15, 0.2) is 11.5 Å². The Morgan fingerprint density at radius 2 is 1.97 bits per heavy atom. The van der Waals surface area contributed by atoms with Crippen LogP contribution in [-0.4, -0.2) is 56.1 Å². The average molecular weight is 420 g/mol. The summed E-state index contributed by atoms with van der Waals surface area (Å²) >= 11 is 6.09. The number of fused-ring (bicyclic) bond motifs is 1. The summed E-state index contributed by atoms with van der Waals surface area (Å²) in [5, 5.41) is 7.17. The second kappa shape index (κ2) is 7.40. The van der Waals surface area contributed by atoms with Gasteiger partial charge in [0.1, 0.15) is 5.52 Å². The Bertz CT molecular complexity index is 893. The Balaban J connectivity index is 1.47. The highest BCUT2D eigenvalue weighted by atomic mass is 35.5. The summed E-state index contributed by atoms with van der Waals surface area (Å²) in [6.07, 6.45) is 5.25. The number of rotatable bonds is 3. The molecule has 0 bridgehead atoms. The quantitative estimate of drug-likeness (QED) is 0.661. The van der Waals surface area contributed by atoms with Gasteiger partial charge in [-0.3, -0.25) is 4.79 Å². The fraction of sp³-hybridized carbons (Fsp3) is 0.700. The zero-order valence-corrected chi connectivity index (χ0v) is 18.3. The molecule has 2 aromatic heterocycles. The first-order chi connectivity index (χ1) is 13.6. The number of aromatic amines is 1. The van der Waals surface area contributed by atoms with E-state index in [2.05, 4.69) is 63.2 Å². The Morgan fingerprint density at radius 1 is 1.24 bits per heavy atom. The van der Waals surface area contributed by atoms with E-state index in [1.165, 1.54) is 0 Å². The molecule has 1 atom stereocenters. The van der Waals surface area contributed by atoms with Crippen LogP contribution in [0.25, 0.3) is 11.2 Å². The third kappa shape index (κ3) is 4.48. The minimum absolute atomic E-state index is 0.00221. The maximum atomic E-state index is 13.1. The van der Waals surface area contributed by atoms with Gasteiger partial charge in [-0.05, 0) is 65.0 Å². The highest BCUT2D eigenvalue weighted by molar-refractivity contribution is 6.28. The number of aromatic nitrogens is 4. The first-order valence-electron chi connectivity index (χ1n) is 10.3. The predicted octanol–water partition coefficient (Wildman–Crippen LogP) is 2.65. The molecular formula is C20H30ClN7O. The number of imidazole rings is 1. The third-order valence-electron chi connectivity index (χ3n) is 5.87. The SMILES string of the molecule is CC1(C)CC(NC(=O)[C@H]2CCCN(c3nc(Cl)nc4nc[nH]c34)C2)CC(C)(C)N1. The Morgan fingerprint density at radius 3 is 2.69 bits per heavy atom. The lowest BCUT2D eigenvalue weighted by atomic mass is 9.79. The minimum Gasteiger partial charge on any atom is -0.354 e. The third-order valence-corrected chi connectivity index (χ3v) is 6.04. The van der Waals surface area contributed by atoms with Crippen molar-refractivity contribution in [3.63, 3.8) is 0 Å². The molecule has 9 heteroatoms. The summed E-state index contributed by atoms with van der Waals surface area (Å²) in [6, 6.07) is 0.178. The summed E-state index contributed by atoms with van der Waals surface area (Å²) in [4.78, 5) is 31.1. The van der Waals surface area contributed by atoms with Gasteiger partial charge >= 0.3 is 0 Å². The molecule has 0 saturated carbocycles. The molecule has 4 rings (SSSR count). The van der Waals surface area contributed by atoms with Crippen LogP contribution in [0.3, 0.4) is 0 Å². The van der Waals surface area contributed by atoms with Crippen LogP contribution in [0.4, 0.5) is 5.82 Å². The number of H-pyrrole nitrogens is 1. The highest BCUT2D eigenvalue weighted by Gasteiger charge is 2.39. The van der Waals surface area contributed by atoms with Crippen LogP contribution in [0.2, 0.25) is 5.28 Å². The van der Waals surface area contributed by atoms with Crippen molar-refractivity contribution in [2.24, 2.45) is 5.92 Å². The van der Waals surface area contributed by atoms with E-state index in [1.54, 1.807) is 6.33 Å². The van der Waals surface area contributed by atoms with Gasteiger partial charge in [0, 0.05) is 30.2 Å². The number of halogens is 1. The number of hydrogen-bond acceptors (Lipinski definition) is 6. The van der Waals surface area contributed by atoms with Crippen molar-refractivity contribution in [2.75, 3.05) is 18.0 Å². The smallest absolute Gasteiger partial charge is 0.226 e. The molecule has 1 amide bonds. The van der Waals surface area contributed by atoms with Gasteiger partial charge in [0.05, 0.1) is 12.2 Å². The van der Waals surface area contributed by atoms with Crippen LogP contribution >= 0.6 is 11.6 Å². The van der Waals surface area contributed by atoms with Crippen molar-refractivity contribution in [1.29, 1.82) is 0 Å². The molecule has 2 fully saturated rings. The van der Waals surface area contributed by atoms with Crippen molar-refractivity contribution in [3.8, 4) is 0 Å². The molecule has 2 aliphatic heterocycles. The summed E-state index contributed by atoms with van der Waals surface area (Å²) in [7, 11) is 0. The Hall–Kier alpha value is -1.93. The standard InChI is InChI=1S/C20H30ClN7O/c1-19(2)8-13(9-20(3,4)27-19)24-17(29)12-6-5-7-28(10-12)16-14-15(23-11-22-14)25-18(21)26-16/h11-13,27H,5-10H2,1-4H3,(H,24,29)(H,22,23,25,26)/t12-/m0/s1. The average Bonchev–Trinajstić information content (AvgIpc) is 3.06. The van der Waals surface area contributed by atoms with E-state index in [4.69, 9.17) is 11.6 Å². The minimum atomic E-state index is -0.0726. The lowest BCUT2D eigenvalue weighted by molar-refractivity contribution is -0.126. The number of piperidine rings is 2. The van der Waals surface area contributed by atoms with Crippen molar-refractivity contribution in [3.05, 3.63) is 11.6 Å². The second-order valence-electron chi connectivity index (χ2n) is 9.71. The number of nitrogens with one attached hydrogen (secondary N) is 3. The molecule has 3 N–H and O–H groups in total. The Labute approximate surface area is 176 Å². The molecule has 0 aromatic carbocycles. The fourth-order valence-electron chi connectivity index (χ4n) is 5.15. The number of hydrogen-bond donors (Lipinski definition) is 3. The fourth-order valence-corrected chi connectivity index (χ4v) is 5.31. The summed E-state index contributed by atoms with van der Waals surface area (Å²) < 4.78 is 0. The lowest BCUT2D eigenvalue weighted by Crippen LogP contribution is -2.62. The van der Waals surface area contributed by atoms with E-state index in [0.717, 1.165) is 43.6 Å². The zero-order valence-electron chi connectivity index (χ0n) is 17.5. The molecule has 0 unspecified atom stereocenters. The molecule has 0 aliphatic carbocycles. The number of carbonyl (C=O) groups excluding carboxylic acids is 1. The van der Waals surface area contributed by atoms with Crippen molar-refractivity contribution < 1.29 is 4.79 Å². The number of anilines is 1. The van der Waals surface area contributed by atoms with E-state index in [9.17, 15) is 4.79 Å². The van der Waals surface area contributed by atoms with Gasteiger partial charge in [-0.1, -0.05) is 0 Å². The van der Waals surface area contributed by atoms with Crippen LogP contribution in [0.5, 0.6) is 0 Å². The molecule has 8 nitrogen and oxygen atoms in total. The van der Waals surface area contributed by atoms with Crippen molar-refractivity contribution in [2.45, 2.75) is 70.5 Å². The van der Waals surface area contributed by atoms with E-state index < -0.39 is 0 Å². The topological polar surface area (TPSA) is 98.8 Å². The monoisotopic (exact) mass is 419 g/mol. The maximum absolute atomic E-state index is 13.1. The van der Waals surface area contributed by atoms with Crippen LogP contribution in [0.15, 0.2) is 6.33 Å². The van der Waals surface area contributed by atoms with Crippen molar-refractivity contribution in [1.82, 2.24) is 30.6 Å². The molecule has 2 saturated heterocycles. The van der Waals surface area contributed by atoms with E-state index in [1.807, 2.05) is 0 Å². The molecular weight excluding hydrogens is 390 g/mol. The predicted molar refractivity (Wildman–Crippen MR) is 114 cm³/mol. The van der Waals surface area contributed by atoms with Gasteiger partial charge in [-0.15, -0.1) is 0 Å². The van der Waals surface area contributed by atoms with Crippen LogP contribution in [0.1, 0.15) is 53.4 Å². The van der Waals surface area contributed by atoms with Crippen molar-refractivity contribution >= 4 is 34.5 Å². The first-order valence-corrected chi connectivity index (χ1v) is 10.7. The zero-order chi connectivity index (χ0) is 20.8. The molecule has 0 spiro atoms. The summed E-state index contributed by atoms with van der Waals surface area (Å²) in [5.74, 6) is 0.782. The van der Waals surface area contributed by atoms with Crippen LogP contribution in [-0.2, 0) is 4.79 Å². The van der Waals surface area contributed by atoms with Crippen LogP contribution in [0, 0.1) is 5.92 Å². The van der Waals surface area contributed by atoms with Gasteiger partial charge in [-0.2, -0.15) is 9.97 Å². The normalized spacial score (nSPS) is 24.6. The van der Waals surface area contributed by atoms with E-state index in [0.29, 0.717) is 12.2 Å². The van der Waals surface area contributed by atoms with Gasteiger partial charge in [-0.25, -0.2) is 4.98 Å². The van der Waals surface area contributed by atoms with Gasteiger partial charge in [0.2, 0.25) is 11.2 Å². The van der Waals surface area contributed by atoms with E-state index in [-0.39, 0.29) is 34.2 Å². The second-order valence-corrected chi connectivity index (χ2v) is 10.0. The number of nitrogens with zero attached hydrogens (tertiary/aromatic N) is 4. The number of amides is 1. The lowest BCUT2D eigenvalue weighted by Gasteiger charge is -2.47. The molecule has 2 aliphatic rings. The molecule has 4 heterocycles. The molecule has 2 aromatic rings. The number of carbonyl (C=O) groups is 1. The largest absolute Gasteiger partial charge is 0.354 e. The van der Waals surface area contributed by atoms with Gasteiger partial charge < -0.3 is 20.5 Å². The van der Waals surface area contributed by atoms with Gasteiger partial charge in [0.25, 0.3) is 0 Å². The Kier molecular flexibility index (Phi) is 5.19. The van der Waals surface area contributed by atoms with Crippen LogP contribution < -0.4 is 15.5 Å². The maximum Gasteiger partial charge on any atom is 0.226 e. The molecule has 29 heavy (non-hydrogen) atoms. The first kappa shape index (κ1) is 20.3. The van der Waals surface area contributed by atoms with E-state index >= 15 is 0 Å². The highest BCUT2D eigenvalue weighted by Crippen LogP contribution is 2.30. The molecule has 0 radical (unpaired) electrons. The molecule has 158 valence electrons.